The van der Waals surface area contributed by atoms with Gasteiger partial charge in [0.1, 0.15) is 23.9 Å². The quantitative estimate of drug-likeness (QED) is 0.340. The first-order valence-corrected chi connectivity index (χ1v) is 10.5. The first-order chi connectivity index (χ1) is 15.7. The summed E-state index contributed by atoms with van der Waals surface area (Å²) in [7, 11) is 1.51. The second-order valence-electron chi connectivity index (χ2n) is 8.58. The molecule has 0 aliphatic carbocycles. The van der Waals surface area contributed by atoms with Crippen molar-refractivity contribution in [1.29, 1.82) is 0 Å². The molecule has 33 heavy (non-hydrogen) atoms. The Balaban J connectivity index is 1.84. The lowest BCUT2D eigenvalue weighted by Crippen LogP contribution is -2.32. The SMILES string of the molecule is COc1cc(F)ccc1-c1ccc2c(c1COc1cccc([N+](=O)[O-])c1)C(C)=CC(C)(C)N2. The van der Waals surface area contributed by atoms with Crippen LogP contribution >= 0.6 is 0 Å². The van der Waals surface area contributed by atoms with E-state index in [4.69, 9.17) is 9.47 Å². The van der Waals surface area contributed by atoms with E-state index in [9.17, 15) is 14.5 Å². The van der Waals surface area contributed by atoms with E-state index < -0.39 is 4.92 Å². The predicted octanol–water partition coefficient (Wildman–Crippen LogP) is 6.60. The molecule has 1 aliphatic rings. The number of nitrogens with one attached hydrogen (secondary N) is 1. The van der Waals surface area contributed by atoms with Crippen LogP contribution in [0.4, 0.5) is 15.8 Å². The molecule has 0 spiro atoms. The molecule has 0 saturated heterocycles. The molecule has 0 atom stereocenters. The van der Waals surface area contributed by atoms with Crippen molar-refractivity contribution in [3.05, 3.63) is 87.7 Å². The van der Waals surface area contributed by atoms with Crippen molar-refractivity contribution in [2.45, 2.75) is 32.9 Å². The van der Waals surface area contributed by atoms with Crippen LogP contribution in [0.2, 0.25) is 0 Å². The molecule has 1 heterocycles. The van der Waals surface area contributed by atoms with Gasteiger partial charge in [-0.3, -0.25) is 10.1 Å². The number of benzene rings is 3. The summed E-state index contributed by atoms with van der Waals surface area (Å²) in [5.41, 5.74) is 5.22. The monoisotopic (exact) mass is 448 g/mol. The molecule has 3 aromatic rings. The van der Waals surface area contributed by atoms with Crippen molar-refractivity contribution in [3.63, 3.8) is 0 Å². The van der Waals surface area contributed by atoms with Crippen molar-refractivity contribution in [2.24, 2.45) is 0 Å². The number of non-ortho nitro benzene ring substituents is 1. The predicted molar refractivity (Wildman–Crippen MR) is 127 cm³/mol. The van der Waals surface area contributed by atoms with Crippen LogP contribution in [0.15, 0.2) is 60.7 Å². The number of nitrogens with zero attached hydrogens (tertiary/aromatic N) is 1. The van der Waals surface area contributed by atoms with Crippen molar-refractivity contribution in [2.75, 3.05) is 12.4 Å². The molecule has 1 N–H and O–H groups in total. The van der Waals surface area contributed by atoms with E-state index in [2.05, 4.69) is 25.2 Å². The van der Waals surface area contributed by atoms with E-state index in [0.29, 0.717) is 11.5 Å². The number of allylic oxidation sites excluding steroid dienone is 1. The number of methoxy groups -OCH3 is 1. The van der Waals surface area contributed by atoms with E-state index in [-0.39, 0.29) is 23.7 Å². The topological polar surface area (TPSA) is 73.6 Å². The molecule has 0 unspecified atom stereocenters. The van der Waals surface area contributed by atoms with E-state index in [1.54, 1.807) is 18.2 Å². The highest BCUT2D eigenvalue weighted by atomic mass is 19.1. The van der Waals surface area contributed by atoms with Gasteiger partial charge in [-0.2, -0.15) is 0 Å². The third-order valence-corrected chi connectivity index (χ3v) is 5.61. The Hall–Kier alpha value is -3.87. The normalized spacial score (nSPS) is 14.0. The van der Waals surface area contributed by atoms with Gasteiger partial charge in [-0.25, -0.2) is 4.39 Å². The summed E-state index contributed by atoms with van der Waals surface area (Å²) in [6, 6.07) is 14.5. The van der Waals surface area contributed by atoms with Gasteiger partial charge < -0.3 is 14.8 Å². The van der Waals surface area contributed by atoms with Crippen molar-refractivity contribution in [1.82, 2.24) is 0 Å². The number of hydrogen-bond donors (Lipinski definition) is 1. The maximum Gasteiger partial charge on any atom is 0.273 e. The second-order valence-corrected chi connectivity index (χ2v) is 8.58. The molecule has 0 radical (unpaired) electrons. The minimum absolute atomic E-state index is 0.0393. The summed E-state index contributed by atoms with van der Waals surface area (Å²) in [6.45, 7) is 6.39. The molecule has 170 valence electrons. The number of rotatable bonds is 6. The van der Waals surface area contributed by atoms with Crippen LogP contribution < -0.4 is 14.8 Å². The number of hydrogen-bond acceptors (Lipinski definition) is 5. The van der Waals surface area contributed by atoms with Gasteiger partial charge in [0.25, 0.3) is 5.69 Å². The minimum Gasteiger partial charge on any atom is -0.496 e. The van der Waals surface area contributed by atoms with Gasteiger partial charge in [-0.05, 0) is 56.2 Å². The van der Waals surface area contributed by atoms with Gasteiger partial charge in [0.15, 0.2) is 0 Å². The molecule has 0 saturated carbocycles. The van der Waals surface area contributed by atoms with Crippen molar-refractivity contribution >= 4 is 16.9 Å². The number of fused-ring (bicyclic) bond motifs is 1. The maximum absolute atomic E-state index is 13.9. The molecule has 4 rings (SSSR count). The fraction of sp³-hybridized carbons (Fsp3) is 0.231. The molecule has 0 aromatic heterocycles. The van der Waals surface area contributed by atoms with Crippen LogP contribution in [0, 0.1) is 15.9 Å². The lowest BCUT2D eigenvalue weighted by Gasteiger charge is -2.33. The molecule has 6 nitrogen and oxygen atoms in total. The number of nitro benzene ring substituents is 1. The largest absolute Gasteiger partial charge is 0.496 e. The van der Waals surface area contributed by atoms with Crippen molar-refractivity contribution in [3.8, 4) is 22.6 Å². The molecule has 0 fully saturated rings. The summed E-state index contributed by atoms with van der Waals surface area (Å²) >= 11 is 0. The van der Waals surface area contributed by atoms with Crippen LogP contribution in [0.5, 0.6) is 11.5 Å². The summed E-state index contributed by atoms with van der Waals surface area (Å²) in [5.74, 6) is 0.421. The first kappa shape index (κ1) is 22.3. The highest BCUT2D eigenvalue weighted by molar-refractivity contribution is 5.88. The number of halogens is 1. The number of ether oxygens (including phenoxy) is 2. The summed E-state index contributed by atoms with van der Waals surface area (Å²) < 4.78 is 25.4. The van der Waals surface area contributed by atoms with E-state index in [1.807, 2.05) is 19.1 Å². The van der Waals surface area contributed by atoms with Crippen LogP contribution in [0.3, 0.4) is 0 Å². The van der Waals surface area contributed by atoms with Gasteiger partial charge in [0.2, 0.25) is 0 Å². The highest BCUT2D eigenvalue weighted by Gasteiger charge is 2.27. The Labute approximate surface area is 191 Å². The first-order valence-electron chi connectivity index (χ1n) is 10.5. The number of nitro groups is 1. The van der Waals surface area contributed by atoms with Crippen LogP contribution in [-0.2, 0) is 6.61 Å². The summed E-state index contributed by atoms with van der Waals surface area (Å²) in [4.78, 5) is 10.7. The average molecular weight is 448 g/mol. The standard InChI is InChI=1S/C26H25FN2O4/c1-16-14-26(2,3)28-23-11-10-20(21-9-8-17(27)12-24(21)32-4)22(25(16)23)15-33-19-7-5-6-18(13-19)29(30)31/h5-14,28H,15H2,1-4H3. The van der Waals surface area contributed by atoms with Crippen LogP contribution in [-0.4, -0.2) is 17.6 Å². The average Bonchev–Trinajstić information content (AvgIpc) is 2.76. The smallest absolute Gasteiger partial charge is 0.273 e. The zero-order chi connectivity index (χ0) is 23.8. The lowest BCUT2D eigenvalue weighted by molar-refractivity contribution is -0.384. The minimum atomic E-state index is -0.453. The molecule has 0 bridgehead atoms. The van der Waals surface area contributed by atoms with Gasteiger partial charge in [-0.15, -0.1) is 0 Å². The Morgan fingerprint density at radius 2 is 1.85 bits per heavy atom. The molecule has 3 aromatic carbocycles. The van der Waals surface area contributed by atoms with Crippen molar-refractivity contribution < 1.29 is 18.8 Å². The maximum atomic E-state index is 13.9. The van der Waals surface area contributed by atoms with Gasteiger partial charge in [-0.1, -0.05) is 18.2 Å². The number of anilines is 1. The lowest BCUT2D eigenvalue weighted by atomic mass is 9.85. The summed E-state index contributed by atoms with van der Waals surface area (Å²) in [5, 5.41) is 14.7. The van der Waals surface area contributed by atoms with E-state index >= 15 is 0 Å². The zero-order valence-corrected chi connectivity index (χ0v) is 18.9. The van der Waals surface area contributed by atoms with Crippen LogP contribution in [0.25, 0.3) is 16.7 Å². The van der Waals surface area contributed by atoms with Gasteiger partial charge >= 0.3 is 0 Å². The summed E-state index contributed by atoms with van der Waals surface area (Å²) in [6.07, 6.45) is 2.15. The van der Waals surface area contributed by atoms with E-state index in [0.717, 1.165) is 33.5 Å². The zero-order valence-electron chi connectivity index (χ0n) is 18.9. The van der Waals surface area contributed by atoms with E-state index in [1.165, 1.54) is 31.4 Å². The fourth-order valence-electron chi connectivity index (χ4n) is 4.33. The Bertz CT molecular complexity index is 1270. The van der Waals surface area contributed by atoms with Crippen LogP contribution in [0.1, 0.15) is 31.9 Å². The molecule has 7 heteroatoms. The van der Waals surface area contributed by atoms with Gasteiger partial charge in [0.05, 0.1) is 23.6 Å². The molecule has 0 amide bonds. The highest BCUT2D eigenvalue weighted by Crippen LogP contribution is 2.43. The molecule has 1 aliphatic heterocycles. The third kappa shape index (κ3) is 4.53. The molecular formula is C26H25FN2O4. The Kier molecular flexibility index (Phi) is 5.80. The third-order valence-electron chi connectivity index (χ3n) is 5.61. The Morgan fingerprint density at radius 1 is 1.09 bits per heavy atom. The van der Waals surface area contributed by atoms with Gasteiger partial charge in [0, 0.05) is 34.5 Å². The Morgan fingerprint density at radius 3 is 2.58 bits per heavy atom. The second kappa shape index (κ2) is 8.58. The fourth-order valence-corrected chi connectivity index (χ4v) is 4.33. The molecular weight excluding hydrogens is 423 g/mol.